The topological polar surface area (TPSA) is 102 Å². The number of benzene rings is 3. The summed E-state index contributed by atoms with van der Waals surface area (Å²) in [4.78, 5) is -0.366. The molecule has 0 aliphatic heterocycles. The molecule has 8 heteroatoms. The first-order chi connectivity index (χ1) is 11.0. The number of nitrogens with zero attached hydrogens (tertiary/aromatic N) is 2. The summed E-state index contributed by atoms with van der Waals surface area (Å²) in [7, 11) is -4.49. The van der Waals surface area contributed by atoms with Crippen LogP contribution in [0.4, 0.5) is 11.4 Å². The van der Waals surface area contributed by atoms with Crippen molar-refractivity contribution in [2.45, 2.75) is 4.90 Å². The van der Waals surface area contributed by atoms with E-state index in [1.807, 2.05) is 6.07 Å². The minimum Gasteiger partial charge on any atom is -0.871 e. The van der Waals surface area contributed by atoms with E-state index in [-0.39, 0.29) is 45.5 Å². The Morgan fingerprint density at radius 1 is 0.875 bits per heavy atom. The van der Waals surface area contributed by atoms with Gasteiger partial charge in [-0.3, -0.25) is 4.55 Å². The molecular formula is C16H11N2NaO4S. The predicted molar refractivity (Wildman–Crippen MR) is 83.8 cm³/mol. The zero-order valence-corrected chi connectivity index (χ0v) is 15.6. The number of fused-ring (bicyclic) bond motifs is 1. The van der Waals surface area contributed by atoms with Crippen molar-refractivity contribution in [2.24, 2.45) is 10.2 Å². The van der Waals surface area contributed by atoms with Crippen LogP contribution in [0, 0.1) is 0 Å². The normalized spacial score (nSPS) is 11.5. The molecular weight excluding hydrogens is 339 g/mol. The van der Waals surface area contributed by atoms with E-state index in [4.69, 9.17) is 0 Å². The van der Waals surface area contributed by atoms with Gasteiger partial charge in [-0.2, -0.15) is 18.6 Å². The first kappa shape index (κ1) is 18.6. The fourth-order valence-electron chi connectivity index (χ4n) is 2.22. The molecule has 0 saturated heterocycles. The van der Waals surface area contributed by atoms with E-state index in [0.717, 1.165) is 0 Å². The van der Waals surface area contributed by atoms with Crippen molar-refractivity contribution in [3.05, 3.63) is 60.7 Å². The fourth-order valence-corrected chi connectivity index (χ4v) is 2.95. The SMILES string of the molecule is O=S(=O)(O)c1cccc2ccc([O-])c(N=Nc3ccccc3)c12.[Na+]. The molecule has 0 fully saturated rings. The molecule has 0 bridgehead atoms. The quantitative estimate of drug-likeness (QED) is 0.424. The van der Waals surface area contributed by atoms with Crippen molar-refractivity contribution >= 4 is 32.3 Å². The molecule has 0 aliphatic rings. The largest absolute Gasteiger partial charge is 1.00 e. The third-order valence-corrected chi connectivity index (χ3v) is 4.14. The summed E-state index contributed by atoms with van der Waals surface area (Å²) in [6.45, 7) is 0. The molecule has 3 aromatic carbocycles. The van der Waals surface area contributed by atoms with Gasteiger partial charge in [0.15, 0.2) is 0 Å². The van der Waals surface area contributed by atoms with Crippen molar-refractivity contribution in [1.82, 2.24) is 0 Å². The van der Waals surface area contributed by atoms with Crippen LogP contribution >= 0.6 is 0 Å². The Labute approximate surface area is 160 Å². The molecule has 116 valence electrons. The van der Waals surface area contributed by atoms with Crippen LogP contribution in [0.15, 0.2) is 75.8 Å². The minimum atomic E-state index is -4.49. The Morgan fingerprint density at radius 3 is 2.25 bits per heavy atom. The van der Waals surface area contributed by atoms with E-state index < -0.39 is 15.9 Å². The van der Waals surface area contributed by atoms with E-state index >= 15 is 0 Å². The van der Waals surface area contributed by atoms with Crippen molar-refractivity contribution < 1.29 is 47.6 Å². The molecule has 1 N–H and O–H groups in total. The second-order valence-electron chi connectivity index (χ2n) is 4.78. The summed E-state index contributed by atoms with van der Waals surface area (Å²) in [6.07, 6.45) is 0. The van der Waals surface area contributed by atoms with E-state index in [1.165, 1.54) is 24.3 Å². The van der Waals surface area contributed by atoms with Gasteiger partial charge in [0.2, 0.25) is 0 Å². The fraction of sp³-hybridized carbons (Fsp3) is 0. The molecule has 0 atom stereocenters. The maximum absolute atomic E-state index is 12.1. The summed E-state index contributed by atoms with van der Waals surface area (Å²) in [6, 6.07) is 15.8. The first-order valence-electron chi connectivity index (χ1n) is 6.64. The van der Waals surface area contributed by atoms with Gasteiger partial charge in [-0.15, -0.1) is 0 Å². The Hall–Kier alpha value is -1.77. The van der Waals surface area contributed by atoms with Crippen LogP contribution < -0.4 is 34.7 Å². The Kier molecular flexibility index (Phi) is 5.74. The third-order valence-electron chi connectivity index (χ3n) is 3.24. The van der Waals surface area contributed by atoms with Gasteiger partial charge < -0.3 is 5.11 Å². The second-order valence-corrected chi connectivity index (χ2v) is 6.17. The summed E-state index contributed by atoms with van der Waals surface area (Å²) < 4.78 is 32.5. The van der Waals surface area contributed by atoms with Crippen LogP contribution in [0.25, 0.3) is 10.8 Å². The Balaban J connectivity index is 0.00000208. The number of azo groups is 1. The number of rotatable bonds is 3. The molecule has 0 radical (unpaired) electrons. The van der Waals surface area contributed by atoms with Crippen LogP contribution in [0.1, 0.15) is 0 Å². The van der Waals surface area contributed by atoms with Gasteiger partial charge in [0, 0.05) is 5.39 Å². The molecule has 3 aromatic rings. The maximum atomic E-state index is 12.1. The third kappa shape index (κ3) is 3.82. The van der Waals surface area contributed by atoms with Crippen molar-refractivity contribution in [3.63, 3.8) is 0 Å². The second kappa shape index (κ2) is 7.42. The molecule has 0 spiro atoms. The van der Waals surface area contributed by atoms with Crippen LogP contribution in [0.2, 0.25) is 0 Å². The van der Waals surface area contributed by atoms with Gasteiger partial charge in [-0.25, -0.2) is 0 Å². The van der Waals surface area contributed by atoms with Gasteiger partial charge >= 0.3 is 29.6 Å². The van der Waals surface area contributed by atoms with Crippen molar-refractivity contribution in [2.75, 3.05) is 0 Å². The average molecular weight is 350 g/mol. The molecule has 0 amide bonds. The van der Waals surface area contributed by atoms with Gasteiger partial charge in [0.1, 0.15) is 4.90 Å². The molecule has 0 heterocycles. The maximum Gasteiger partial charge on any atom is 1.00 e. The van der Waals surface area contributed by atoms with E-state index in [1.54, 1.807) is 30.3 Å². The molecule has 0 unspecified atom stereocenters. The van der Waals surface area contributed by atoms with Crippen molar-refractivity contribution in [3.8, 4) is 5.75 Å². The van der Waals surface area contributed by atoms with E-state index in [2.05, 4.69) is 10.2 Å². The van der Waals surface area contributed by atoms with Crippen LogP contribution in [-0.2, 0) is 10.1 Å². The van der Waals surface area contributed by atoms with Gasteiger partial charge in [-0.1, -0.05) is 48.2 Å². The molecule has 24 heavy (non-hydrogen) atoms. The van der Waals surface area contributed by atoms with E-state index in [9.17, 15) is 18.1 Å². The summed E-state index contributed by atoms with van der Waals surface area (Å²) in [5.41, 5.74) is 0.396. The zero-order valence-electron chi connectivity index (χ0n) is 12.7. The van der Waals surface area contributed by atoms with Gasteiger partial charge in [0.05, 0.1) is 11.4 Å². The summed E-state index contributed by atoms with van der Waals surface area (Å²) in [5.74, 6) is -0.478. The van der Waals surface area contributed by atoms with E-state index in [0.29, 0.717) is 11.1 Å². The molecule has 0 aliphatic carbocycles. The Morgan fingerprint density at radius 2 is 1.58 bits per heavy atom. The molecule has 3 rings (SSSR count). The summed E-state index contributed by atoms with van der Waals surface area (Å²) in [5, 5.41) is 20.5. The molecule has 6 nitrogen and oxygen atoms in total. The van der Waals surface area contributed by atoms with Crippen LogP contribution in [-0.4, -0.2) is 13.0 Å². The van der Waals surface area contributed by atoms with Crippen molar-refractivity contribution in [1.29, 1.82) is 0 Å². The smallest absolute Gasteiger partial charge is 0.871 e. The summed E-state index contributed by atoms with van der Waals surface area (Å²) >= 11 is 0. The Bertz CT molecular complexity index is 1010. The molecule has 0 saturated carbocycles. The monoisotopic (exact) mass is 350 g/mol. The van der Waals surface area contributed by atoms with Gasteiger partial charge in [0.25, 0.3) is 10.1 Å². The standard InChI is InChI=1S/C16H12N2O4S.Na/c19-13-10-9-11-5-4-8-14(23(20,21)22)15(11)16(13)18-17-12-6-2-1-3-7-12;/h1-10,19H,(H,20,21,22);/q;+1/p-1. The average Bonchev–Trinajstić information content (AvgIpc) is 2.53. The van der Waals surface area contributed by atoms with Crippen LogP contribution in [0.3, 0.4) is 0 Å². The minimum absolute atomic E-state index is 0. The number of hydrogen-bond donors (Lipinski definition) is 1. The number of hydrogen-bond acceptors (Lipinski definition) is 5. The first-order valence-corrected chi connectivity index (χ1v) is 8.08. The predicted octanol–water partition coefficient (Wildman–Crippen LogP) is 0.579. The molecule has 0 aromatic heterocycles. The zero-order chi connectivity index (χ0) is 16.4. The van der Waals surface area contributed by atoms with Crippen LogP contribution in [0.5, 0.6) is 5.75 Å². The van der Waals surface area contributed by atoms with Gasteiger partial charge in [-0.05, 0) is 23.6 Å².